The third-order valence-electron chi connectivity index (χ3n) is 4.34. The molecule has 28 heavy (non-hydrogen) atoms. The molecule has 0 radical (unpaired) electrons. The van der Waals surface area contributed by atoms with Crippen molar-refractivity contribution in [3.05, 3.63) is 51.6 Å². The average Bonchev–Trinajstić information content (AvgIpc) is 2.72. The molecule has 1 aliphatic heterocycles. The number of carbonyl (C=O) groups excluding carboxylic acids is 1. The summed E-state index contributed by atoms with van der Waals surface area (Å²) in [6.07, 6.45) is 0. The van der Waals surface area contributed by atoms with Crippen molar-refractivity contribution >= 4 is 11.6 Å². The Bertz CT molecular complexity index is 913. The van der Waals surface area contributed by atoms with Gasteiger partial charge in [0.05, 0.1) is 25.2 Å². The highest BCUT2D eigenvalue weighted by atomic mass is 16.6. The number of hydrogen-bond donors (Lipinski definition) is 0. The van der Waals surface area contributed by atoms with Crippen LogP contribution >= 0.6 is 0 Å². The molecule has 0 saturated heterocycles. The Morgan fingerprint density at radius 1 is 1.14 bits per heavy atom. The number of nitro groups is 1. The summed E-state index contributed by atoms with van der Waals surface area (Å²) in [5.74, 6) is 1.24. The Morgan fingerprint density at radius 3 is 2.43 bits per heavy atom. The Hall–Kier alpha value is -3.49. The minimum atomic E-state index is -0.604. The molecule has 148 valence electrons. The third kappa shape index (κ3) is 3.78. The molecule has 9 heteroatoms. The average molecular weight is 388 g/mol. The van der Waals surface area contributed by atoms with Gasteiger partial charge in [-0.15, -0.1) is 0 Å². The van der Waals surface area contributed by atoms with E-state index < -0.39 is 10.8 Å². The van der Waals surface area contributed by atoms with E-state index in [4.69, 9.17) is 18.9 Å². The molecule has 1 heterocycles. The van der Waals surface area contributed by atoms with Gasteiger partial charge in [0.25, 0.3) is 11.6 Å². The van der Waals surface area contributed by atoms with E-state index in [2.05, 4.69) is 0 Å². The number of rotatable bonds is 6. The Kier molecular flexibility index (Phi) is 5.53. The van der Waals surface area contributed by atoms with Crippen LogP contribution in [0, 0.1) is 10.1 Å². The van der Waals surface area contributed by atoms with E-state index >= 15 is 0 Å². The van der Waals surface area contributed by atoms with Gasteiger partial charge in [0.1, 0.15) is 30.3 Å². The highest BCUT2D eigenvalue weighted by molar-refractivity contribution is 5.99. The van der Waals surface area contributed by atoms with Gasteiger partial charge in [-0.05, 0) is 12.1 Å². The molecule has 0 spiro atoms. The van der Waals surface area contributed by atoms with Crippen LogP contribution in [-0.4, -0.2) is 50.2 Å². The van der Waals surface area contributed by atoms with Crippen molar-refractivity contribution in [3.8, 4) is 23.0 Å². The minimum absolute atomic E-state index is 0.0655. The lowest BCUT2D eigenvalue weighted by atomic mass is 10.1. The normalized spacial score (nSPS) is 12.2. The number of fused-ring (bicyclic) bond motifs is 1. The monoisotopic (exact) mass is 388 g/mol. The second-order valence-corrected chi connectivity index (χ2v) is 6.11. The standard InChI is InChI=1S/C19H20N2O7/c1-20(11-12-4-5-13(25-2)8-16(12)26-3)19(22)14-9-17-18(28-7-6-27-17)10-15(14)21(23)24/h4-5,8-10H,6-7,11H2,1-3H3. The lowest BCUT2D eigenvalue weighted by molar-refractivity contribution is -0.385. The van der Waals surface area contributed by atoms with E-state index in [-0.39, 0.29) is 23.5 Å². The predicted molar refractivity (Wildman–Crippen MR) is 99.4 cm³/mol. The first-order chi connectivity index (χ1) is 13.4. The molecular formula is C19H20N2O7. The van der Waals surface area contributed by atoms with Gasteiger partial charge in [-0.25, -0.2) is 0 Å². The summed E-state index contributed by atoms with van der Waals surface area (Å²) in [5, 5.41) is 11.5. The fourth-order valence-electron chi connectivity index (χ4n) is 2.92. The lowest BCUT2D eigenvalue weighted by Crippen LogP contribution is -2.27. The summed E-state index contributed by atoms with van der Waals surface area (Å²) in [5.41, 5.74) is 0.339. The maximum Gasteiger partial charge on any atom is 0.286 e. The SMILES string of the molecule is COc1ccc(CN(C)C(=O)c2cc3c(cc2[N+](=O)[O-])OCCO3)c(OC)c1. The first kappa shape index (κ1) is 19.3. The largest absolute Gasteiger partial charge is 0.497 e. The van der Waals surface area contributed by atoms with Crippen LogP contribution in [-0.2, 0) is 6.54 Å². The summed E-state index contributed by atoms with van der Waals surface area (Å²) >= 11 is 0. The molecule has 0 fully saturated rings. The number of benzene rings is 2. The van der Waals surface area contributed by atoms with Crippen LogP contribution in [0.1, 0.15) is 15.9 Å². The molecule has 3 rings (SSSR count). The molecule has 0 bridgehead atoms. The molecule has 1 aliphatic rings. The summed E-state index contributed by atoms with van der Waals surface area (Å²) in [4.78, 5) is 25.2. The molecule has 2 aromatic rings. The minimum Gasteiger partial charge on any atom is -0.497 e. The Labute approximate surface area is 161 Å². The molecule has 9 nitrogen and oxygen atoms in total. The van der Waals surface area contributed by atoms with Gasteiger partial charge in [0.2, 0.25) is 0 Å². The van der Waals surface area contributed by atoms with E-state index in [0.717, 1.165) is 5.56 Å². The molecule has 0 N–H and O–H groups in total. The predicted octanol–water partition coefficient (Wildman–Crippen LogP) is 2.66. The third-order valence-corrected chi connectivity index (χ3v) is 4.34. The molecule has 1 amide bonds. The van der Waals surface area contributed by atoms with Gasteiger partial charge in [-0.3, -0.25) is 14.9 Å². The van der Waals surface area contributed by atoms with Crippen molar-refractivity contribution in [3.63, 3.8) is 0 Å². The van der Waals surface area contributed by atoms with Gasteiger partial charge in [-0.1, -0.05) is 0 Å². The fraction of sp³-hybridized carbons (Fsp3) is 0.316. The van der Waals surface area contributed by atoms with E-state index in [1.807, 2.05) is 0 Å². The van der Waals surface area contributed by atoms with Crippen LogP contribution in [0.2, 0.25) is 0 Å². The molecule has 0 aliphatic carbocycles. The van der Waals surface area contributed by atoms with Gasteiger partial charge in [0.15, 0.2) is 11.5 Å². The van der Waals surface area contributed by atoms with Crippen molar-refractivity contribution < 1.29 is 28.7 Å². The molecule has 2 aromatic carbocycles. The first-order valence-corrected chi connectivity index (χ1v) is 8.49. The van der Waals surface area contributed by atoms with Crippen LogP contribution in [0.3, 0.4) is 0 Å². The molecule has 0 saturated carbocycles. The van der Waals surface area contributed by atoms with E-state index in [1.54, 1.807) is 32.4 Å². The highest BCUT2D eigenvalue weighted by Crippen LogP contribution is 2.37. The Balaban J connectivity index is 1.90. The van der Waals surface area contributed by atoms with Crippen LogP contribution in [0.15, 0.2) is 30.3 Å². The Morgan fingerprint density at radius 2 is 1.82 bits per heavy atom. The summed E-state index contributed by atoms with van der Waals surface area (Å²) in [6.45, 7) is 0.809. The molecular weight excluding hydrogens is 368 g/mol. The number of ether oxygens (including phenoxy) is 4. The van der Waals surface area contributed by atoms with Crippen molar-refractivity contribution in [2.75, 3.05) is 34.5 Å². The topological polar surface area (TPSA) is 100 Å². The zero-order chi connectivity index (χ0) is 20.3. The van der Waals surface area contributed by atoms with Crippen molar-refractivity contribution in [2.24, 2.45) is 0 Å². The zero-order valence-corrected chi connectivity index (χ0v) is 15.8. The number of nitro benzene ring substituents is 1. The van der Waals surface area contributed by atoms with E-state index in [1.165, 1.54) is 24.1 Å². The van der Waals surface area contributed by atoms with Crippen molar-refractivity contribution in [2.45, 2.75) is 6.54 Å². The lowest BCUT2D eigenvalue weighted by Gasteiger charge is -2.22. The number of hydrogen-bond acceptors (Lipinski definition) is 7. The van der Waals surface area contributed by atoms with Gasteiger partial charge >= 0.3 is 0 Å². The highest BCUT2D eigenvalue weighted by Gasteiger charge is 2.28. The quantitative estimate of drug-likeness (QED) is 0.554. The van der Waals surface area contributed by atoms with Gasteiger partial charge in [0, 0.05) is 31.3 Å². The summed E-state index contributed by atoms with van der Waals surface area (Å²) in [7, 11) is 4.63. The molecule has 0 atom stereocenters. The van der Waals surface area contributed by atoms with Crippen LogP contribution in [0.4, 0.5) is 5.69 Å². The number of nitrogens with zero attached hydrogens (tertiary/aromatic N) is 2. The smallest absolute Gasteiger partial charge is 0.286 e. The van der Waals surface area contributed by atoms with Crippen LogP contribution < -0.4 is 18.9 Å². The summed E-state index contributed by atoms with van der Waals surface area (Å²) < 4.78 is 21.3. The maximum absolute atomic E-state index is 12.9. The fourth-order valence-corrected chi connectivity index (χ4v) is 2.92. The second-order valence-electron chi connectivity index (χ2n) is 6.11. The van der Waals surface area contributed by atoms with Crippen molar-refractivity contribution in [1.82, 2.24) is 4.90 Å². The molecule has 0 unspecified atom stereocenters. The van der Waals surface area contributed by atoms with Crippen LogP contribution in [0.25, 0.3) is 0 Å². The number of carbonyl (C=O) groups is 1. The second kappa shape index (κ2) is 8.03. The summed E-state index contributed by atoms with van der Waals surface area (Å²) in [6, 6.07) is 7.82. The van der Waals surface area contributed by atoms with Gasteiger partial charge in [-0.2, -0.15) is 0 Å². The van der Waals surface area contributed by atoms with Gasteiger partial charge < -0.3 is 23.8 Å². The van der Waals surface area contributed by atoms with Crippen LogP contribution in [0.5, 0.6) is 23.0 Å². The van der Waals surface area contributed by atoms with Crippen molar-refractivity contribution in [1.29, 1.82) is 0 Å². The van der Waals surface area contributed by atoms with E-state index in [9.17, 15) is 14.9 Å². The number of methoxy groups -OCH3 is 2. The number of amides is 1. The molecule has 0 aromatic heterocycles. The van der Waals surface area contributed by atoms with E-state index in [0.29, 0.717) is 30.5 Å². The zero-order valence-electron chi connectivity index (χ0n) is 15.8. The maximum atomic E-state index is 12.9. The first-order valence-electron chi connectivity index (χ1n) is 8.49.